The minimum absolute atomic E-state index is 1.26. The first-order valence-corrected chi connectivity index (χ1v) is 2.11. The van der Waals surface area contributed by atoms with E-state index < -0.39 is 0 Å². The monoisotopic (exact) mass is 110 g/mol. The van der Waals surface area contributed by atoms with Crippen LogP contribution in [0.25, 0.3) is 0 Å². The molecule has 0 unspecified atom stereocenters. The van der Waals surface area contributed by atoms with E-state index >= 15 is 0 Å². The van der Waals surface area contributed by atoms with Gasteiger partial charge in [0, 0.05) is 12.4 Å². The van der Waals surface area contributed by atoms with Gasteiger partial charge in [0.2, 0.25) is 0 Å². The maximum absolute atomic E-state index is 9.50. The first kappa shape index (κ1) is 4.90. The molecule has 0 saturated heterocycles. The summed E-state index contributed by atoms with van der Waals surface area (Å²) < 4.78 is 1.26. The molecule has 0 spiro atoms. The number of hydrogen-bond acceptors (Lipinski definition) is 2. The molecule has 0 amide bonds. The lowest BCUT2D eigenvalue weighted by molar-refractivity contribution is 0.244. The van der Waals surface area contributed by atoms with E-state index in [-0.39, 0.29) is 0 Å². The highest BCUT2D eigenvalue weighted by Gasteiger charge is 1.81. The molecule has 0 bridgehead atoms. The Labute approximate surface area is 46.4 Å². The van der Waals surface area contributed by atoms with E-state index in [2.05, 4.69) is 4.84 Å². The zero-order valence-corrected chi connectivity index (χ0v) is 4.07. The molecule has 1 heterocycles. The molecule has 0 aliphatic heterocycles. The number of hydrogen-bond donors (Lipinski definition) is 0. The second-order valence-corrected chi connectivity index (χ2v) is 1.22. The van der Waals surface area contributed by atoms with Crippen LogP contribution in [-0.2, 0) is 4.79 Å². The van der Waals surface area contributed by atoms with Crippen molar-refractivity contribution in [3.05, 3.63) is 24.5 Å². The van der Waals surface area contributed by atoms with E-state index in [0.717, 1.165) is 0 Å². The van der Waals surface area contributed by atoms with Crippen LogP contribution in [0.1, 0.15) is 0 Å². The van der Waals surface area contributed by atoms with Crippen LogP contribution >= 0.6 is 0 Å². The van der Waals surface area contributed by atoms with E-state index in [0.29, 0.717) is 0 Å². The first-order valence-electron chi connectivity index (χ1n) is 2.11. The summed E-state index contributed by atoms with van der Waals surface area (Å²) in [6.45, 7) is 1.28. The van der Waals surface area contributed by atoms with Gasteiger partial charge in [-0.3, -0.25) is 0 Å². The Balaban J connectivity index is 2.62. The largest absolute Gasteiger partial charge is 0.444 e. The van der Waals surface area contributed by atoms with E-state index in [9.17, 15) is 4.79 Å². The van der Waals surface area contributed by atoms with Crippen LogP contribution < -0.4 is 4.84 Å². The minimum Gasteiger partial charge on any atom is -0.326 e. The van der Waals surface area contributed by atoms with Crippen LogP contribution in [0.2, 0.25) is 0 Å². The molecule has 1 aromatic rings. The van der Waals surface area contributed by atoms with Gasteiger partial charge in [-0.25, -0.2) is 4.79 Å². The molecule has 0 aliphatic carbocycles. The highest BCUT2D eigenvalue weighted by Crippen LogP contribution is 1.82. The lowest BCUT2D eigenvalue weighted by atomic mass is 10.7. The van der Waals surface area contributed by atoms with E-state index in [1.807, 2.05) is 0 Å². The van der Waals surface area contributed by atoms with Gasteiger partial charge >= 0.3 is 6.47 Å². The van der Waals surface area contributed by atoms with Crippen molar-refractivity contribution in [3.63, 3.8) is 0 Å². The van der Waals surface area contributed by atoms with Crippen LogP contribution in [0, 0.1) is 0 Å². The molecule has 0 N–H and O–H groups in total. The fourth-order valence-corrected chi connectivity index (χ4v) is 0.423. The first-order chi connectivity index (χ1) is 3.93. The average Bonchev–Trinajstić information content (AvgIpc) is 2.19. The van der Waals surface area contributed by atoms with Crippen molar-refractivity contribution in [2.45, 2.75) is 0 Å². The summed E-state index contributed by atoms with van der Waals surface area (Å²) in [6, 6.07) is 3.49. The predicted molar refractivity (Wildman–Crippen MR) is 26.7 cm³/mol. The van der Waals surface area contributed by atoms with Crippen LogP contribution in [-0.4, -0.2) is 11.2 Å². The number of aromatic nitrogens is 1. The van der Waals surface area contributed by atoms with Crippen molar-refractivity contribution in [1.29, 1.82) is 0 Å². The Morgan fingerprint density at radius 3 is 2.50 bits per heavy atom. The van der Waals surface area contributed by atoms with E-state index in [1.54, 1.807) is 24.5 Å². The van der Waals surface area contributed by atoms with Crippen LogP contribution in [0.5, 0.6) is 0 Å². The zero-order valence-electron chi connectivity index (χ0n) is 4.07. The summed E-state index contributed by atoms with van der Waals surface area (Å²) in [5.41, 5.74) is 0. The topological polar surface area (TPSA) is 31.2 Å². The molecule has 0 fully saturated rings. The molecule has 1 rings (SSSR count). The molecule has 1 aromatic heterocycles. The third-order valence-corrected chi connectivity index (χ3v) is 0.720. The number of carbonyl (C=O) groups excluding carboxylic acids is 1. The second kappa shape index (κ2) is 2.16. The normalized spacial score (nSPS) is 8.50. The highest BCUT2D eigenvalue weighted by atomic mass is 16.7. The highest BCUT2D eigenvalue weighted by molar-refractivity contribution is 5.38. The lowest BCUT2D eigenvalue weighted by Gasteiger charge is -1.90. The van der Waals surface area contributed by atoms with Gasteiger partial charge in [0.05, 0.1) is 0 Å². The SMILES string of the molecule is O=[C]On1cccc1. The molecule has 41 valence electrons. The van der Waals surface area contributed by atoms with Gasteiger partial charge in [0.1, 0.15) is 0 Å². The molecule has 0 atom stereocenters. The third kappa shape index (κ3) is 0.872. The smallest absolute Gasteiger partial charge is 0.326 e. The summed E-state index contributed by atoms with van der Waals surface area (Å²) in [6.07, 6.45) is 3.20. The van der Waals surface area contributed by atoms with Crippen molar-refractivity contribution < 1.29 is 9.63 Å². The summed E-state index contributed by atoms with van der Waals surface area (Å²) in [4.78, 5) is 13.8. The molecule has 3 heteroatoms. The third-order valence-electron chi connectivity index (χ3n) is 0.720. The molecule has 0 aliphatic rings. The van der Waals surface area contributed by atoms with Crippen molar-refractivity contribution in [2.75, 3.05) is 0 Å². The Bertz CT molecular complexity index is 157. The van der Waals surface area contributed by atoms with Gasteiger partial charge < -0.3 is 4.84 Å². The summed E-state index contributed by atoms with van der Waals surface area (Å²) in [5, 5.41) is 0. The Hall–Kier alpha value is -1.25. The van der Waals surface area contributed by atoms with Crippen LogP contribution in [0.4, 0.5) is 0 Å². The standard InChI is InChI=1S/C5H4NO2/c7-5-8-6-3-1-2-4-6/h1-4H. The Morgan fingerprint density at radius 2 is 2.00 bits per heavy atom. The van der Waals surface area contributed by atoms with Gasteiger partial charge in [-0.15, -0.1) is 0 Å². The van der Waals surface area contributed by atoms with Crippen molar-refractivity contribution >= 4 is 6.47 Å². The van der Waals surface area contributed by atoms with Gasteiger partial charge in [-0.1, -0.05) is 0 Å². The summed E-state index contributed by atoms with van der Waals surface area (Å²) >= 11 is 0. The van der Waals surface area contributed by atoms with Crippen molar-refractivity contribution in [3.8, 4) is 0 Å². The second-order valence-electron chi connectivity index (χ2n) is 1.22. The molecule has 8 heavy (non-hydrogen) atoms. The van der Waals surface area contributed by atoms with Crippen LogP contribution in [0.3, 0.4) is 0 Å². The van der Waals surface area contributed by atoms with Gasteiger partial charge in [0.25, 0.3) is 0 Å². The van der Waals surface area contributed by atoms with Crippen molar-refractivity contribution in [2.24, 2.45) is 0 Å². The van der Waals surface area contributed by atoms with Gasteiger partial charge in [-0.2, -0.15) is 4.73 Å². The molecule has 0 aromatic carbocycles. The van der Waals surface area contributed by atoms with E-state index in [4.69, 9.17) is 0 Å². The minimum atomic E-state index is 1.26. The van der Waals surface area contributed by atoms with E-state index in [1.165, 1.54) is 11.2 Å². The lowest BCUT2D eigenvalue weighted by Crippen LogP contribution is -2.04. The van der Waals surface area contributed by atoms with Crippen molar-refractivity contribution in [1.82, 2.24) is 4.73 Å². The number of rotatable bonds is 2. The summed E-state index contributed by atoms with van der Waals surface area (Å²) in [5.74, 6) is 0. The average molecular weight is 110 g/mol. The quantitative estimate of drug-likeness (QED) is 0.536. The molecule has 1 radical (unpaired) electrons. The fourth-order valence-electron chi connectivity index (χ4n) is 0.423. The summed E-state index contributed by atoms with van der Waals surface area (Å²) in [7, 11) is 0. The molecular formula is C5H4NO2. The zero-order chi connectivity index (χ0) is 5.82. The molecular weight excluding hydrogens is 106 g/mol. The maximum Gasteiger partial charge on any atom is 0.444 e. The Kier molecular flexibility index (Phi) is 1.32. The number of nitrogens with zero attached hydrogens (tertiary/aromatic N) is 1. The van der Waals surface area contributed by atoms with Crippen LogP contribution in [0.15, 0.2) is 24.5 Å². The molecule has 3 nitrogen and oxygen atoms in total. The van der Waals surface area contributed by atoms with Gasteiger partial charge in [-0.05, 0) is 12.1 Å². The maximum atomic E-state index is 9.50. The fraction of sp³-hybridized carbons (Fsp3) is 0. The predicted octanol–water partition coefficient (Wildman–Crippen LogP) is -0.0161. The van der Waals surface area contributed by atoms with Gasteiger partial charge in [0.15, 0.2) is 0 Å². The molecule has 0 saturated carbocycles. The Morgan fingerprint density at radius 1 is 1.38 bits per heavy atom.